The summed E-state index contributed by atoms with van der Waals surface area (Å²) in [7, 11) is 0. The van der Waals surface area contributed by atoms with Crippen LogP contribution in [0.2, 0.25) is 0 Å². The molecule has 1 aliphatic rings. The Morgan fingerprint density at radius 1 is 1.20 bits per heavy atom. The molecule has 0 radical (unpaired) electrons. The van der Waals surface area contributed by atoms with Crippen molar-refractivity contribution in [3.63, 3.8) is 0 Å². The van der Waals surface area contributed by atoms with Crippen LogP contribution in [0.5, 0.6) is 0 Å². The lowest BCUT2D eigenvalue weighted by Crippen LogP contribution is -2.35. The summed E-state index contributed by atoms with van der Waals surface area (Å²) >= 11 is 0. The second-order valence-electron chi connectivity index (χ2n) is 6.14. The Morgan fingerprint density at radius 2 is 1.95 bits per heavy atom. The number of nitrogens with two attached hydrogens (primary N) is 1. The highest BCUT2D eigenvalue weighted by Gasteiger charge is 2.22. The first-order valence-corrected chi connectivity index (χ1v) is 7.55. The first-order chi connectivity index (χ1) is 9.66. The van der Waals surface area contributed by atoms with Crippen molar-refractivity contribution in [3.8, 4) is 0 Å². The third-order valence-corrected chi connectivity index (χ3v) is 4.60. The molecule has 1 fully saturated rings. The summed E-state index contributed by atoms with van der Waals surface area (Å²) in [5, 5.41) is 1.18. The number of rotatable bonds is 2. The van der Waals surface area contributed by atoms with E-state index in [9.17, 15) is 0 Å². The number of nitrogens with zero attached hydrogens (tertiary/aromatic N) is 2. The standard InChI is InChI=1S/C17H23N3/c1-12(2)13-7-10-20(11-8-13)16-6-5-15(18)17-14(16)4-3-9-19-17/h3-6,9,12-13H,7-8,10-11,18H2,1-2H3. The number of nitrogen functional groups attached to an aromatic ring is 1. The Balaban J connectivity index is 1.90. The number of anilines is 2. The molecule has 20 heavy (non-hydrogen) atoms. The fourth-order valence-electron chi connectivity index (χ4n) is 3.26. The Bertz CT molecular complexity index is 598. The molecule has 1 aliphatic heterocycles. The number of hydrogen-bond acceptors (Lipinski definition) is 3. The van der Waals surface area contributed by atoms with E-state index in [0.29, 0.717) is 0 Å². The molecule has 3 heteroatoms. The second-order valence-corrected chi connectivity index (χ2v) is 6.14. The number of piperidine rings is 1. The van der Waals surface area contributed by atoms with Gasteiger partial charge in [0.05, 0.1) is 11.2 Å². The minimum absolute atomic E-state index is 0.765. The molecule has 0 amide bonds. The fourth-order valence-corrected chi connectivity index (χ4v) is 3.26. The van der Waals surface area contributed by atoms with E-state index < -0.39 is 0 Å². The maximum absolute atomic E-state index is 6.04. The summed E-state index contributed by atoms with van der Waals surface area (Å²) < 4.78 is 0. The van der Waals surface area contributed by atoms with Crippen LogP contribution in [0.25, 0.3) is 10.9 Å². The Morgan fingerprint density at radius 3 is 2.65 bits per heavy atom. The van der Waals surface area contributed by atoms with Gasteiger partial charge in [0.2, 0.25) is 0 Å². The maximum Gasteiger partial charge on any atom is 0.0951 e. The van der Waals surface area contributed by atoms with E-state index in [1.165, 1.54) is 23.9 Å². The van der Waals surface area contributed by atoms with Crippen LogP contribution in [0, 0.1) is 11.8 Å². The monoisotopic (exact) mass is 269 g/mol. The van der Waals surface area contributed by atoms with Crippen molar-refractivity contribution in [2.75, 3.05) is 23.7 Å². The summed E-state index contributed by atoms with van der Waals surface area (Å²) in [6, 6.07) is 8.25. The van der Waals surface area contributed by atoms with E-state index in [0.717, 1.165) is 36.1 Å². The van der Waals surface area contributed by atoms with Gasteiger partial charge in [-0.25, -0.2) is 0 Å². The van der Waals surface area contributed by atoms with Crippen molar-refractivity contribution in [1.29, 1.82) is 0 Å². The van der Waals surface area contributed by atoms with E-state index >= 15 is 0 Å². The molecule has 106 valence electrons. The SMILES string of the molecule is CC(C)C1CCN(c2ccc(N)c3ncccc23)CC1. The maximum atomic E-state index is 6.04. The largest absolute Gasteiger partial charge is 0.397 e. The van der Waals surface area contributed by atoms with Crippen molar-refractivity contribution in [2.45, 2.75) is 26.7 Å². The predicted octanol–water partition coefficient (Wildman–Crippen LogP) is 3.69. The number of fused-ring (bicyclic) bond motifs is 1. The lowest BCUT2D eigenvalue weighted by Gasteiger charge is -2.36. The van der Waals surface area contributed by atoms with E-state index in [1.54, 1.807) is 0 Å². The van der Waals surface area contributed by atoms with Gasteiger partial charge in [-0.15, -0.1) is 0 Å². The molecule has 0 spiro atoms. The van der Waals surface area contributed by atoms with Crippen LogP contribution < -0.4 is 10.6 Å². The molecule has 1 aromatic carbocycles. The number of aromatic nitrogens is 1. The molecular formula is C17H23N3. The minimum atomic E-state index is 0.765. The van der Waals surface area contributed by atoms with Crippen LogP contribution in [0.3, 0.4) is 0 Å². The van der Waals surface area contributed by atoms with E-state index in [1.807, 2.05) is 18.3 Å². The number of benzene rings is 1. The van der Waals surface area contributed by atoms with Crippen molar-refractivity contribution in [1.82, 2.24) is 4.98 Å². The van der Waals surface area contributed by atoms with Crippen molar-refractivity contribution >= 4 is 22.3 Å². The van der Waals surface area contributed by atoms with Crippen molar-refractivity contribution < 1.29 is 0 Å². The molecule has 1 aromatic heterocycles. The molecule has 0 atom stereocenters. The first-order valence-electron chi connectivity index (χ1n) is 7.55. The summed E-state index contributed by atoms with van der Waals surface area (Å²) in [6.45, 7) is 6.94. The van der Waals surface area contributed by atoms with Gasteiger partial charge in [0.15, 0.2) is 0 Å². The molecule has 0 saturated carbocycles. The van der Waals surface area contributed by atoms with Gasteiger partial charge in [-0.3, -0.25) is 4.98 Å². The summed E-state index contributed by atoms with van der Waals surface area (Å²) in [4.78, 5) is 6.92. The lowest BCUT2D eigenvalue weighted by molar-refractivity contribution is 0.311. The third-order valence-electron chi connectivity index (χ3n) is 4.60. The summed E-state index contributed by atoms with van der Waals surface area (Å²) in [5.74, 6) is 1.66. The summed E-state index contributed by atoms with van der Waals surface area (Å²) in [6.07, 6.45) is 4.38. The second kappa shape index (κ2) is 5.31. The molecule has 3 rings (SSSR count). The number of pyridine rings is 1. The zero-order valence-corrected chi connectivity index (χ0v) is 12.3. The van der Waals surface area contributed by atoms with Gasteiger partial charge in [-0.1, -0.05) is 13.8 Å². The van der Waals surface area contributed by atoms with Gasteiger partial charge in [0, 0.05) is 30.4 Å². The lowest BCUT2D eigenvalue weighted by atomic mass is 9.86. The van der Waals surface area contributed by atoms with E-state index in [4.69, 9.17) is 5.73 Å². The minimum Gasteiger partial charge on any atom is -0.397 e. The molecule has 2 heterocycles. The zero-order valence-electron chi connectivity index (χ0n) is 12.3. The highest BCUT2D eigenvalue weighted by atomic mass is 15.1. The molecule has 3 nitrogen and oxygen atoms in total. The van der Waals surface area contributed by atoms with Crippen LogP contribution in [0.1, 0.15) is 26.7 Å². The zero-order chi connectivity index (χ0) is 14.1. The average Bonchev–Trinajstić information content (AvgIpc) is 2.48. The first kappa shape index (κ1) is 13.2. The Kier molecular flexibility index (Phi) is 3.51. The van der Waals surface area contributed by atoms with Gasteiger partial charge < -0.3 is 10.6 Å². The van der Waals surface area contributed by atoms with Crippen LogP contribution in [-0.2, 0) is 0 Å². The predicted molar refractivity (Wildman–Crippen MR) is 85.9 cm³/mol. The Labute approximate surface area is 120 Å². The Hall–Kier alpha value is -1.77. The van der Waals surface area contributed by atoms with Crippen LogP contribution in [-0.4, -0.2) is 18.1 Å². The highest BCUT2D eigenvalue weighted by Crippen LogP contribution is 2.33. The van der Waals surface area contributed by atoms with Gasteiger partial charge in [0.1, 0.15) is 0 Å². The van der Waals surface area contributed by atoms with Gasteiger partial charge in [-0.05, 0) is 48.9 Å². The smallest absolute Gasteiger partial charge is 0.0951 e. The van der Waals surface area contributed by atoms with E-state index in [2.05, 4.69) is 35.9 Å². The molecule has 0 aliphatic carbocycles. The topological polar surface area (TPSA) is 42.1 Å². The van der Waals surface area contributed by atoms with Crippen molar-refractivity contribution in [2.24, 2.45) is 11.8 Å². The fraction of sp³-hybridized carbons (Fsp3) is 0.471. The molecular weight excluding hydrogens is 246 g/mol. The third kappa shape index (κ3) is 2.33. The van der Waals surface area contributed by atoms with E-state index in [-0.39, 0.29) is 0 Å². The molecule has 0 bridgehead atoms. The van der Waals surface area contributed by atoms with Crippen LogP contribution in [0.4, 0.5) is 11.4 Å². The average molecular weight is 269 g/mol. The van der Waals surface area contributed by atoms with Crippen LogP contribution in [0.15, 0.2) is 30.5 Å². The summed E-state index contributed by atoms with van der Waals surface area (Å²) in [5.41, 5.74) is 9.01. The molecule has 2 N–H and O–H groups in total. The van der Waals surface area contributed by atoms with Gasteiger partial charge in [-0.2, -0.15) is 0 Å². The number of hydrogen-bond donors (Lipinski definition) is 1. The molecule has 0 unspecified atom stereocenters. The normalized spacial score (nSPS) is 17.1. The highest BCUT2D eigenvalue weighted by molar-refractivity contribution is 5.98. The van der Waals surface area contributed by atoms with Gasteiger partial charge >= 0.3 is 0 Å². The van der Waals surface area contributed by atoms with Crippen molar-refractivity contribution in [3.05, 3.63) is 30.5 Å². The van der Waals surface area contributed by atoms with Crippen LogP contribution >= 0.6 is 0 Å². The quantitative estimate of drug-likeness (QED) is 0.845. The molecule has 2 aromatic rings. The van der Waals surface area contributed by atoms with Gasteiger partial charge in [0.25, 0.3) is 0 Å². The molecule has 1 saturated heterocycles.